The van der Waals surface area contributed by atoms with Crippen LogP contribution in [0.4, 0.5) is 4.39 Å². The summed E-state index contributed by atoms with van der Waals surface area (Å²) in [6.07, 6.45) is 4.53. The lowest BCUT2D eigenvalue weighted by molar-refractivity contribution is 0.386. The van der Waals surface area contributed by atoms with Crippen molar-refractivity contribution in [1.29, 1.82) is 0 Å². The Balaban J connectivity index is 2.17. The van der Waals surface area contributed by atoms with Gasteiger partial charge >= 0.3 is 0 Å². The predicted molar refractivity (Wildman–Crippen MR) is 76.3 cm³/mol. The van der Waals surface area contributed by atoms with Crippen molar-refractivity contribution in [2.45, 2.75) is 19.4 Å². The summed E-state index contributed by atoms with van der Waals surface area (Å²) in [4.78, 5) is 0. The number of halogens is 1. The highest BCUT2D eigenvalue weighted by Gasteiger charge is 2.14. The van der Waals surface area contributed by atoms with Crippen LogP contribution in [0.25, 0.3) is 0 Å². The quantitative estimate of drug-likeness (QED) is 0.881. The summed E-state index contributed by atoms with van der Waals surface area (Å²) in [7, 11) is 3.36. The molecule has 1 aromatic heterocycles. The number of hydrogen-bond donors (Lipinski definition) is 1. The Morgan fingerprint density at radius 2 is 2.25 bits per heavy atom. The fourth-order valence-electron chi connectivity index (χ4n) is 2.25. The minimum atomic E-state index is -0.327. The van der Waals surface area contributed by atoms with E-state index in [9.17, 15) is 4.39 Å². The van der Waals surface area contributed by atoms with Gasteiger partial charge in [-0.05, 0) is 30.7 Å². The Bertz CT molecular complexity index is 568. The topological polar surface area (TPSA) is 39.1 Å². The number of likely N-dealkylation sites (N-methyl/N-ethyl adjacent to an activating group) is 1. The highest BCUT2D eigenvalue weighted by molar-refractivity contribution is 5.30. The zero-order chi connectivity index (χ0) is 14.5. The van der Waals surface area contributed by atoms with Crippen LogP contribution in [0.3, 0.4) is 0 Å². The summed E-state index contributed by atoms with van der Waals surface area (Å²) in [6.45, 7) is 2.90. The van der Waals surface area contributed by atoms with Crippen LogP contribution in [0.1, 0.15) is 24.1 Å². The molecule has 1 N–H and O–H groups in total. The van der Waals surface area contributed by atoms with Crippen molar-refractivity contribution in [3.63, 3.8) is 0 Å². The van der Waals surface area contributed by atoms with Crippen LogP contribution in [-0.2, 0) is 13.5 Å². The van der Waals surface area contributed by atoms with Crippen molar-refractivity contribution in [3.8, 4) is 5.75 Å². The second-order valence-electron chi connectivity index (χ2n) is 4.73. The molecule has 0 aliphatic rings. The van der Waals surface area contributed by atoms with Gasteiger partial charge in [0.05, 0.1) is 13.3 Å². The van der Waals surface area contributed by atoms with Gasteiger partial charge in [0.25, 0.3) is 0 Å². The van der Waals surface area contributed by atoms with Crippen molar-refractivity contribution >= 4 is 0 Å². The largest absolute Gasteiger partial charge is 0.494 e. The zero-order valence-electron chi connectivity index (χ0n) is 12.1. The molecule has 0 aliphatic carbocycles. The first kappa shape index (κ1) is 14.5. The number of nitrogens with zero attached hydrogens (tertiary/aromatic N) is 2. The molecule has 2 rings (SSSR count). The fourth-order valence-corrected chi connectivity index (χ4v) is 2.25. The first-order valence-electron chi connectivity index (χ1n) is 6.68. The molecule has 0 fully saturated rings. The van der Waals surface area contributed by atoms with E-state index in [4.69, 9.17) is 4.74 Å². The smallest absolute Gasteiger partial charge is 0.165 e. The number of methoxy groups -OCH3 is 1. The van der Waals surface area contributed by atoms with Crippen LogP contribution in [0.2, 0.25) is 0 Å². The number of aromatic nitrogens is 2. The normalized spacial score (nSPS) is 12.4. The van der Waals surface area contributed by atoms with E-state index in [1.165, 1.54) is 13.2 Å². The molecule has 0 amide bonds. The first-order valence-corrected chi connectivity index (χ1v) is 6.68. The SMILES string of the molecule is CCNC(Cc1ccc(OC)c(F)c1)c1cnn(C)c1. The molecule has 2 aromatic rings. The first-order chi connectivity index (χ1) is 9.63. The van der Waals surface area contributed by atoms with Crippen molar-refractivity contribution in [2.24, 2.45) is 7.05 Å². The number of hydrogen-bond acceptors (Lipinski definition) is 3. The van der Waals surface area contributed by atoms with E-state index in [1.807, 2.05) is 25.5 Å². The number of rotatable bonds is 6. The van der Waals surface area contributed by atoms with E-state index >= 15 is 0 Å². The lowest BCUT2D eigenvalue weighted by Crippen LogP contribution is -2.22. The molecule has 1 heterocycles. The molecule has 1 unspecified atom stereocenters. The van der Waals surface area contributed by atoms with E-state index in [-0.39, 0.29) is 17.6 Å². The minimum Gasteiger partial charge on any atom is -0.494 e. The predicted octanol–water partition coefficient (Wildman–Crippen LogP) is 2.46. The Morgan fingerprint density at radius 1 is 1.45 bits per heavy atom. The van der Waals surface area contributed by atoms with Gasteiger partial charge in [0.15, 0.2) is 11.6 Å². The molecule has 0 radical (unpaired) electrons. The zero-order valence-corrected chi connectivity index (χ0v) is 12.1. The molecule has 108 valence electrons. The van der Waals surface area contributed by atoms with Crippen molar-refractivity contribution in [3.05, 3.63) is 47.5 Å². The van der Waals surface area contributed by atoms with Crippen molar-refractivity contribution in [1.82, 2.24) is 15.1 Å². The number of aryl methyl sites for hydroxylation is 1. The van der Waals surface area contributed by atoms with Gasteiger partial charge in [-0.25, -0.2) is 4.39 Å². The van der Waals surface area contributed by atoms with Gasteiger partial charge in [-0.3, -0.25) is 4.68 Å². The van der Waals surface area contributed by atoms with E-state index < -0.39 is 0 Å². The third-order valence-electron chi connectivity index (χ3n) is 3.23. The minimum absolute atomic E-state index is 0.126. The molecule has 20 heavy (non-hydrogen) atoms. The molecule has 0 spiro atoms. The summed E-state index contributed by atoms with van der Waals surface area (Å²) in [5, 5.41) is 7.59. The Morgan fingerprint density at radius 3 is 2.80 bits per heavy atom. The maximum Gasteiger partial charge on any atom is 0.165 e. The second kappa shape index (κ2) is 6.52. The Kier molecular flexibility index (Phi) is 4.74. The highest BCUT2D eigenvalue weighted by atomic mass is 19.1. The molecule has 0 saturated heterocycles. The van der Waals surface area contributed by atoms with Crippen LogP contribution in [-0.4, -0.2) is 23.4 Å². The van der Waals surface area contributed by atoms with Gasteiger partial charge in [0.2, 0.25) is 0 Å². The third kappa shape index (κ3) is 3.36. The van der Waals surface area contributed by atoms with E-state index in [1.54, 1.807) is 10.7 Å². The molecule has 0 saturated carbocycles. The average Bonchev–Trinajstić information content (AvgIpc) is 2.85. The summed E-state index contributed by atoms with van der Waals surface area (Å²) in [5.41, 5.74) is 2.03. The lowest BCUT2D eigenvalue weighted by atomic mass is 10.0. The van der Waals surface area contributed by atoms with Crippen LogP contribution < -0.4 is 10.1 Å². The molecule has 5 heteroatoms. The third-order valence-corrected chi connectivity index (χ3v) is 3.23. The summed E-state index contributed by atoms with van der Waals surface area (Å²) >= 11 is 0. The van der Waals surface area contributed by atoms with E-state index in [0.717, 1.165) is 17.7 Å². The van der Waals surface area contributed by atoms with E-state index in [0.29, 0.717) is 6.42 Å². The molecular weight excluding hydrogens is 257 g/mol. The Hall–Kier alpha value is -1.88. The molecule has 0 bridgehead atoms. The molecular formula is C15H20FN3O. The number of nitrogens with one attached hydrogen (secondary N) is 1. The summed E-state index contributed by atoms with van der Waals surface area (Å²) in [6, 6.07) is 5.21. The Labute approximate surface area is 118 Å². The molecule has 1 aromatic carbocycles. The maximum atomic E-state index is 13.7. The van der Waals surface area contributed by atoms with Gasteiger partial charge in [0.1, 0.15) is 0 Å². The molecule has 4 nitrogen and oxygen atoms in total. The van der Waals surface area contributed by atoms with Gasteiger partial charge in [-0.15, -0.1) is 0 Å². The van der Waals surface area contributed by atoms with Gasteiger partial charge < -0.3 is 10.1 Å². The van der Waals surface area contributed by atoms with Crippen molar-refractivity contribution < 1.29 is 9.13 Å². The molecule has 0 aliphatic heterocycles. The van der Waals surface area contributed by atoms with Gasteiger partial charge in [-0.2, -0.15) is 5.10 Å². The van der Waals surface area contributed by atoms with Crippen LogP contribution >= 0.6 is 0 Å². The second-order valence-corrected chi connectivity index (χ2v) is 4.73. The summed E-state index contributed by atoms with van der Waals surface area (Å²) < 4.78 is 20.4. The number of ether oxygens (including phenoxy) is 1. The lowest BCUT2D eigenvalue weighted by Gasteiger charge is -2.16. The standard InChI is InChI=1S/C15H20FN3O/c1-4-17-14(12-9-18-19(2)10-12)8-11-5-6-15(20-3)13(16)7-11/h5-7,9-10,14,17H,4,8H2,1-3H3. The average molecular weight is 277 g/mol. The van der Waals surface area contributed by atoms with Crippen LogP contribution in [0.5, 0.6) is 5.75 Å². The molecule has 1 atom stereocenters. The van der Waals surface area contributed by atoms with E-state index in [2.05, 4.69) is 17.3 Å². The van der Waals surface area contributed by atoms with Crippen LogP contribution in [0.15, 0.2) is 30.6 Å². The van der Waals surface area contributed by atoms with Crippen LogP contribution in [0, 0.1) is 5.82 Å². The van der Waals surface area contributed by atoms with Gasteiger partial charge in [0, 0.05) is 24.8 Å². The number of benzene rings is 1. The van der Waals surface area contributed by atoms with Crippen molar-refractivity contribution in [2.75, 3.05) is 13.7 Å². The highest BCUT2D eigenvalue weighted by Crippen LogP contribution is 2.22. The summed E-state index contributed by atoms with van der Waals surface area (Å²) in [5.74, 6) is -0.0541. The fraction of sp³-hybridized carbons (Fsp3) is 0.400. The maximum absolute atomic E-state index is 13.7. The monoisotopic (exact) mass is 277 g/mol. The van der Waals surface area contributed by atoms with Gasteiger partial charge in [-0.1, -0.05) is 13.0 Å².